The molecule has 1 aromatic carbocycles. The van der Waals surface area contributed by atoms with Crippen LogP contribution in [0.2, 0.25) is 0 Å². The van der Waals surface area contributed by atoms with E-state index in [9.17, 15) is 19.2 Å². The van der Waals surface area contributed by atoms with E-state index in [1.54, 1.807) is 25.3 Å². The number of ether oxygens (including phenoxy) is 1. The van der Waals surface area contributed by atoms with Gasteiger partial charge < -0.3 is 9.14 Å². The number of halogens is 1. The van der Waals surface area contributed by atoms with Gasteiger partial charge in [-0.1, -0.05) is 0 Å². The molecule has 0 saturated carbocycles. The van der Waals surface area contributed by atoms with Gasteiger partial charge in [-0.15, -0.1) is 0 Å². The van der Waals surface area contributed by atoms with E-state index in [0.717, 1.165) is 0 Å². The van der Waals surface area contributed by atoms with E-state index in [1.165, 1.54) is 34.7 Å². The summed E-state index contributed by atoms with van der Waals surface area (Å²) < 4.78 is 19.6. The maximum absolute atomic E-state index is 13.1. The predicted octanol–water partition coefficient (Wildman–Crippen LogP) is 3.36. The molecule has 2 aromatic heterocycles. The molecular weight excluding hydrogens is 323 g/mol. The van der Waals surface area contributed by atoms with Gasteiger partial charge in [-0.3, -0.25) is 4.79 Å². The second-order valence-electron chi connectivity index (χ2n) is 5.25. The van der Waals surface area contributed by atoms with Gasteiger partial charge in [-0.2, -0.15) is 5.26 Å². The Morgan fingerprint density at radius 3 is 2.60 bits per heavy atom. The van der Waals surface area contributed by atoms with Gasteiger partial charge >= 0.3 is 5.97 Å². The van der Waals surface area contributed by atoms with Crippen molar-refractivity contribution in [3.05, 3.63) is 76.9 Å². The van der Waals surface area contributed by atoms with Crippen LogP contribution < -0.4 is 0 Å². The zero-order valence-corrected chi connectivity index (χ0v) is 13.3. The van der Waals surface area contributed by atoms with Crippen molar-refractivity contribution >= 4 is 17.3 Å². The third-order valence-electron chi connectivity index (χ3n) is 3.74. The lowest BCUT2D eigenvalue weighted by atomic mass is 10.1. The number of aromatic nitrogens is 1. The summed E-state index contributed by atoms with van der Waals surface area (Å²) in [7, 11) is 0. The molecule has 0 radical (unpaired) electrons. The molecule has 0 N–H and O–H groups in total. The highest BCUT2D eigenvalue weighted by Gasteiger charge is 2.23. The number of pyridine rings is 1. The SMILES string of the molecule is CCOC(=O)c1cc(C(=O)c2ccc(F)cc2)n2cccc(C#N)c12. The summed E-state index contributed by atoms with van der Waals surface area (Å²) >= 11 is 0. The number of benzene rings is 1. The molecule has 5 nitrogen and oxygen atoms in total. The fourth-order valence-corrected chi connectivity index (χ4v) is 2.64. The molecule has 0 saturated heterocycles. The fourth-order valence-electron chi connectivity index (χ4n) is 2.64. The van der Waals surface area contributed by atoms with Crippen LogP contribution in [-0.4, -0.2) is 22.8 Å². The maximum atomic E-state index is 13.1. The van der Waals surface area contributed by atoms with Crippen molar-refractivity contribution in [3.8, 4) is 6.07 Å². The van der Waals surface area contributed by atoms with Crippen molar-refractivity contribution in [1.29, 1.82) is 5.26 Å². The van der Waals surface area contributed by atoms with Crippen molar-refractivity contribution < 1.29 is 18.7 Å². The van der Waals surface area contributed by atoms with Gasteiger partial charge in [0.25, 0.3) is 0 Å². The molecule has 0 atom stereocenters. The molecule has 25 heavy (non-hydrogen) atoms. The molecule has 0 amide bonds. The minimum Gasteiger partial charge on any atom is -0.462 e. The quantitative estimate of drug-likeness (QED) is 0.541. The smallest absolute Gasteiger partial charge is 0.340 e. The first-order valence-electron chi connectivity index (χ1n) is 7.58. The largest absolute Gasteiger partial charge is 0.462 e. The maximum Gasteiger partial charge on any atom is 0.340 e. The average Bonchev–Trinajstić information content (AvgIpc) is 3.02. The van der Waals surface area contributed by atoms with Gasteiger partial charge in [0.1, 0.15) is 11.9 Å². The van der Waals surface area contributed by atoms with E-state index in [1.807, 2.05) is 6.07 Å². The van der Waals surface area contributed by atoms with Crippen LogP contribution in [0, 0.1) is 17.1 Å². The highest BCUT2D eigenvalue weighted by Crippen LogP contribution is 2.24. The van der Waals surface area contributed by atoms with E-state index in [4.69, 9.17) is 4.74 Å². The lowest BCUT2D eigenvalue weighted by Crippen LogP contribution is -2.05. The standard InChI is InChI=1S/C19H13FN2O3/c1-2-25-19(24)15-10-16(18(23)12-5-7-14(20)8-6-12)22-9-3-4-13(11-21)17(15)22/h3-10H,2H2,1H3. The zero-order chi connectivity index (χ0) is 18.0. The normalized spacial score (nSPS) is 10.4. The van der Waals surface area contributed by atoms with Crippen LogP contribution in [-0.2, 0) is 4.74 Å². The number of fused-ring (bicyclic) bond motifs is 1. The molecule has 124 valence electrons. The summed E-state index contributed by atoms with van der Waals surface area (Å²) in [5.41, 5.74) is 1.18. The number of carbonyl (C=O) groups excluding carboxylic acids is 2. The molecule has 0 bridgehead atoms. The molecule has 6 heteroatoms. The van der Waals surface area contributed by atoms with Crippen LogP contribution in [0.5, 0.6) is 0 Å². The van der Waals surface area contributed by atoms with Crippen molar-refractivity contribution in [3.63, 3.8) is 0 Å². The Morgan fingerprint density at radius 2 is 1.96 bits per heavy atom. The number of rotatable bonds is 4. The van der Waals surface area contributed by atoms with E-state index in [2.05, 4.69) is 0 Å². The van der Waals surface area contributed by atoms with Crippen LogP contribution in [0.15, 0.2) is 48.7 Å². The Kier molecular flexibility index (Phi) is 4.31. The van der Waals surface area contributed by atoms with Gasteiger partial charge in [0.2, 0.25) is 5.78 Å². The minimum atomic E-state index is -0.610. The van der Waals surface area contributed by atoms with Crippen LogP contribution in [0.3, 0.4) is 0 Å². The number of hydrogen-bond acceptors (Lipinski definition) is 4. The average molecular weight is 336 g/mol. The van der Waals surface area contributed by atoms with Crippen LogP contribution in [0.25, 0.3) is 5.52 Å². The van der Waals surface area contributed by atoms with Crippen molar-refractivity contribution in [2.75, 3.05) is 6.61 Å². The third kappa shape index (κ3) is 2.88. The molecular formula is C19H13FN2O3. The van der Waals surface area contributed by atoms with Crippen LogP contribution >= 0.6 is 0 Å². The Hall–Kier alpha value is -3.46. The molecule has 0 aliphatic carbocycles. The Morgan fingerprint density at radius 1 is 1.24 bits per heavy atom. The number of carbonyl (C=O) groups is 2. The predicted molar refractivity (Wildman–Crippen MR) is 87.9 cm³/mol. The summed E-state index contributed by atoms with van der Waals surface area (Å²) in [4.78, 5) is 25.0. The van der Waals surface area contributed by atoms with Gasteiger partial charge in [0, 0.05) is 11.8 Å². The van der Waals surface area contributed by atoms with Crippen molar-refractivity contribution in [2.45, 2.75) is 6.92 Å². The molecule has 0 aliphatic rings. The summed E-state index contributed by atoms with van der Waals surface area (Å²) in [6, 6.07) is 11.7. The van der Waals surface area contributed by atoms with E-state index < -0.39 is 11.8 Å². The van der Waals surface area contributed by atoms with Gasteiger partial charge in [0.15, 0.2) is 0 Å². The minimum absolute atomic E-state index is 0.143. The summed E-state index contributed by atoms with van der Waals surface area (Å²) in [6.45, 7) is 1.85. The first kappa shape index (κ1) is 16.4. The number of nitrogens with zero attached hydrogens (tertiary/aromatic N) is 2. The Balaban J connectivity index is 2.22. The molecule has 0 spiro atoms. The summed E-state index contributed by atoms with van der Waals surface area (Å²) in [6.07, 6.45) is 1.59. The monoisotopic (exact) mass is 336 g/mol. The highest BCUT2D eigenvalue weighted by molar-refractivity contribution is 6.11. The second kappa shape index (κ2) is 6.57. The second-order valence-corrected chi connectivity index (χ2v) is 5.25. The molecule has 2 heterocycles. The molecule has 0 unspecified atom stereocenters. The zero-order valence-electron chi connectivity index (χ0n) is 13.3. The molecule has 0 aliphatic heterocycles. The van der Waals surface area contributed by atoms with Crippen LogP contribution in [0.1, 0.15) is 38.9 Å². The number of esters is 1. The lowest BCUT2D eigenvalue weighted by Gasteiger charge is -2.04. The molecule has 3 aromatic rings. The van der Waals surface area contributed by atoms with Crippen molar-refractivity contribution in [2.24, 2.45) is 0 Å². The van der Waals surface area contributed by atoms with E-state index in [0.29, 0.717) is 5.52 Å². The van der Waals surface area contributed by atoms with Crippen LogP contribution in [0.4, 0.5) is 4.39 Å². The van der Waals surface area contributed by atoms with Gasteiger partial charge in [-0.25, -0.2) is 9.18 Å². The van der Waals surface area contributed by atoms with Crippen molar-refractivity contribution in [1.82, 2.24) is 4.40 Å². The van der Waals surface area contributed by atoms with Gasteiger partial charge in [0.05, 0.1) is 28.9 Å². The number of nitriles is 1. The van der Waals surface area contributed by atoms with E-state index in [-0.39, 0.29) is 34.8 Å². The summed E-state index contributed by atoms with van der Waals surface area (Å²) in [5, 5.41) is 9.33. The Bertz CT molecular complexity index is 1010. The first-order chi connectivity index (χ1) is 12.1. The lowest BCUT2D eigenvalue weighted by molar-refractivity contribution is 0.0528. The number of hydrogen-bond donors (Lipinski definition) is 0. The third-order valence-corrected chi connectivity index (χ3v) is 3.74. The fraction of sp³-hybridized carbons (Fsp3) is 0.105. The summed E-state index contributed by atoms with van der Waals surface area (Å²) in [5.74, 6) is -1.45. The Labute approximate surface area is 142 Å². The molecule has 3 rings (SSSR count). The molecule has 0 fully saturated rings. The van der Waals surface area contributed by atoms with E-state index >= 15 is 0 Å². The number of ketones is 1. The first-order valence-corrected chi connectivity index (χ1v) is 7.58. The van der Waals surface area contributed by atoms with Gasteiger partial charge in [-0.05, 0) is 49.4 Å². The topological polar surface area (TPSA) is 71.6 Å². The highest BCUT2D eigenvalue weighted by atomic mass is 19.1.